The van der Waals surface area contributed by atoms with Crippen LogP contribution in [0.15, 0.2) is 59.0 Å². The number of hydrazone groups is 1. The van der Waals surface area contributed by atoms with E-state index in [2.05, 4.69) is 89.7 Å². The van der Waals surface area contributed by atoms with Crippen molar-refractivity contribution in [1.29, 1.82) is 0 Å². The van der Waals surface area contributed by atoms with E-state index >= 15 is 0 Å². The molecule has 0 amide bonds. The van der Waals surface area contributed by atoms with E-state index in [1.54, 1.807) is 6.92 Å². The Morgan fingerprint density at radius 3 is 2.85 bits per heavy atom. The lowest BCUT2D eigenvalue weighted by atomic mass is 9.79. The number of hydrogen-bond acceptors (Lipinski definition) is 7. The molecule has 0 radical (unpaired) electrons. The Balaban J connectivity index is 1.47. The van der Waals surface area contributed by atoms with Crippen molar-refractivity contribution < 1.29 is 9.53 Å². The SMILES string of the molecule is CCOC(=O)Cc1csc(NN=Cc2ccc3c(c2)C(C)CC(C)(C)N3Cc2ccccc2)n1. The summed E-state index contributed by atoms with van der Waals surface area (Å²) >= 11 is 1.42. The fraction of sp³-hybridized carbons (Fsp3) is 0.370. The third-order valence-electron chi connectivity index (χ3n) is 6.15. The van der Waals surface area contributed by atoms with E-state index in [1.165, 1.54) is 28.2 Å². The molecule has 0 bridgehead atoms. The summed E-state index contributed by atoms with van der Waals surface area (Å²) in [7, 11) is 0. The van der Waals surface area contributed by atoms with Gasteiger partial charge in [-0.15, -0.1) is 11.3 Å². The Labute approximate surface area is 205 Å². The highest BCUT2D eigenvalue weighted by Gasteiger charge is 2.36. The van der Waals surface area contributed by atoms with Gasteiger partial charge in [0.15, 0.2) is 0 Å². The van der Waals surface area contributed by atoms with Crippen LogP contribution < -0.4 is 10.3 Å². The van der Waals surface area contributed by atoms with E-state index in [4.69, 9.17) is 4.74 Å². The molecule has 1 aromatic heterocycles. The molecule has 3 aromatic rings. The largest absolute Gasteiger partial charge is 0.466 e. The molecule has 0 fully saturated rings. The first kappa shape index (κ1) is 24.0. The molecule has 0 spiro atoms. The van der Waals surface area contributed by atoms with Gasteiger partial charge in [-0.2, -0.15) is 5.10 Å². The molecule has 0 saturated carbocycles. The standard InChI is InChI=1S/C27H32N4O2S/c1-5-33-25(32)14-22-18-34-26(29-22)30-28-16-21-11-12-24-23(13-21)19(2)15-27(3,4)31(24)17-20-9-7-6-8-10-20/h6-13,16,18-19H,5,14-15,17H2,1-4H3,(H,29,30). The number of esters is 1. The maximum absolute atomic E-state index is 11.6. The molecule has 0 aliphatic carbocycles. The summed E-state index contributed by atoms with van der Waals surface area (Å²) in [6.45, 7) is 10.0. The average Bonchev–Trinajstić information content (AvgIpc) is 3.24. The van der Waals surface area contributed by atoms with Gasteiger partial charge in [0.25, 0.3) is 0 Å². The number of nitrogens with zero attached hydrogens (tertiary/aromatic N) is 3. The van der Waals surface area contributed by atoms with Crippen LogP contribution in [0, 0.1) is 0 Å². The second-order valence-electron chi connectivity index (χ2n) is 9.30. The highest BCUT2D eigenvalue weighted by atomic mass is 32.1. The molecule has 7 heteroatoms. The first-order valence-electron chi connectivity index (χ1n) is 11.7. The number of anilines is 2. The van der Waals surface area contributed by atoms with Gasteiger partial charge in [-0.3, -0.25) is 10.2 Å². The fourth-order valence-electron chi connectivity index (χ4n) is 4.62. The van der Waals surface area contributed by atoms with Gasteiger partial charge in [0, 0.05) is 23.2 Å². The van der Waals surface area contributed by atoms with E-state index < -0.39 is 0 Å². The van der Waals surface area contributed by atoms with Crippen LogP contribution in [0.4, 0.5) is 10.8 Å². The summed E-state index contributed by atoms with van der Waals surface area (Å²) in [6, 6.07) is 17.2. The predicted octanol–water partition coefficient (Wildman–Crippen LogP) is 5.99. The van der Waals surface area contributed by atoms with Crippen molar-refractivity contribution in [3.05, 3.63) is 76.3 Å². The second-order valence-corrected chi connectivity index (χ2v) is 10.2. The molecule has 1 aliphatic heterocycles. The van der Waals surface area contributed by atoms with E-state index in [0.29, 0.717) is 23.4 Å². The molecule has 178 valence electrons. The molecule has 1 unspecified atom stereocenters. The molecule has 1 atom stereocenters. The lowest BCUT2D eigenvalue weighted by Crippen LogP contribution is -2.47. The third-order valence-corrected chi connectivity index (χ3v) is 6.95. The van der Waals surface area contributed by atoms with Crippen LogP contribution in [0.1, 0.15) is 62.4 Å². The van der Waals surface area contributed by atoms with Crippen LogP contribution >= 0.6 is 11.3 Å². The van der Waals surface area contributed by atoms with Crippen LogP contribution in [0.25, 0.3) is 0 Å². The van der Waals surface area contributed by atoms with Crippen molar-refractivity contribution in [3.8, 4) is 0 Å². The number of carbonyl (C=O) groups is 1. The number of rotatable bonds is 8. The van der Waals surface area contributed by atoms with Gasteiger partial charge in [-0.25, -0.2) is 4.98 Å². The molecule has 6 nitrogen and oxygen atoms in total. The minimum atomic E-state index is -0.268. The first-order valence-corrected chi connectivity index (χ1v) is 12.6. The first-order chi connectivity index (χ1) is 16.4. The highest BCUT2D eigenvalue weighted by molar-refractivity contribution is 7.13. The Morgan fingerprint density at radius 1 is 1.29 bits per heavy atom. The van der Waals surface area contributed by atoms with Crippen molar-refractivity contribution in [2.45, 2.75) is 58.5 Å². The maximum Gasteiger partial charge on any atom is 0.311 e. The number of aromatic nitrogens is 1. The topological polar surface area (TPSA) is 66.8 Å². The van der Waals surface area contributed by atoms with Gasteiger partial charge in [0.1, 0.15) is 0 Å². The number of hydrogen-bond donors (Lipinski definition) is 1. The zero-order valence-corrected chi connectivity index (χ0v) is 21.1. The number of benzene rings is 2. The number of carbonyl (C=O) groups excluding carboxylic acids is 1. The molecule has 1 N–H and O–H groups in total. The number of thiazole rings is 1. The van der Waals surface area contributed by atoms with Crippen LogP contribution in [0.3, 0.4) is 0 Å². The fourth-order valence-corrected chi connectivity index (χ4v) is 5.28. The van der Waals surface area contributed by atoms with E-state index in [1.807, 2.05) is 11.6 Å². The van der Waals surface area contributed by atoms with Gasteiger partial charge >= 0.3 is 5.97 Å². The zero-order chi connectivity index (χ0) is 24.1. The van der Waals surface area contributed by atoms with Gasteiger partial charge < -0.3 is 9.64 Å². The molecule has 1 aliphatic rings. The van der Waals surface area contributed by atoms with Crippen molar-refractivity contribution in [3.63, 3.8) is 0 Å². The van der Waals surface area contributed by atoms with E-state index in [9.17, 15) is 4.79 Å². The lowest BCUT2D eigenvalue weighted by Gasteiger charge is -2.47. The van der Waals surface area contributed by atoms with Gasteiger partial charge in [0.05, 0.1) is 24.9 Å². The molecule has 4 rings (SSSR count). The number of ether oxygens (including phenoxy) is 1. The molecule has 2 heterocycles. The Morgan fingerprint density at radius 2 is 2.09 bits per heavy atom. The predicted molar refractivity (Wildman–Crippen MR) is 140 cm³/mol. The van der Waals surface area contributed by atoms with Gasteiger partial charge in [-0.05, 0) is 61.9 Å². The molecule has 2 aromatic carbocycles. The number of nitrogens with one attached hydrogen (secondary N) is 1. The molecule has 0 saturated heterocycles. The smallest absolute Gasteiger partial charge is 0.311 e. The van der Waals surface area contributed by atoms with Crippen LogP contribution in [0.5, 0.6) is 0 Å². The van der Waals surface area contributed by atoms with Crippen molar-refractivity contribution in [2.24, 2.45) is 5.10 Å². The van der Waals surface area contributed by atoms with Gasteiger partial charge in [0.2, 0.25) is 5.13 Å². The summed E-state index contributed by atoms with van der Waals surface area (Å²) in [5.74, 6) is 0.193. The quantitative estimate of drug-likeness (QED) is 0.246. The Hall–Kier alpha value is -3.19. The third kappa shape index (κ3) is 5.65. The lowest BCUT2D eigenvalue weighted by molar-refractivity contribution is -0.142. The number of fused-ring (bicyclic) bond motifs is 1. The summed E-state index contributed by atoms with van der Waals surface area (Å²) in [5.41, 5.74) is 8.74. The van der Waals surface area contributed by atoms with E-state index in [-0.39, 0.29) is 17.9 Å². The Bertz CT molecular complexity index is 1160. The van der Waals surface area contributed by atoms with Gasteiger partial charge in [-0.1, -0.05) is 43.3 Å². The summed E-state index contributed by atoms with van der Waals surface area (Å²) < 4.78 is 4.97. The normalized spacial score (nSPS) is 16.9. The van der Waals surface area contributed by atoms with Crippen molar-refractivity contribution in [1.82, 2.24) is 4.98 Å². The molecular formula is C27H32N4O2S. The molecule has 34 heavy (non-hydrogen) atoms. The van der Waals surface area contributed by atoms with Crippen LogP contribution in [0.2, 0.25) is 0 Å². The summed E-state index contributed by atoms with van der Waals surface area (Å²) in [4.78, 5) is 18.5. The average molecular weight is 477 g/mol. The second kappa shape index (κ2) is 10.4. The minimum absolute atomic E-state index is 0.0749. The van der Waals surface area contributed by atoms with Crippen LogP contribution in [-0.2, 0) is 22.5 Å². The highest BCUT2D eigenvalue weighted by Crippen LogP contribution is 2.44. The van der Waals surface area contributed by atoms with Crippen LogP contribution in [-0.4, -0.2) is 29.3 Å². The van der Waals surface area contributed by atoms with Crippen molar-refractivity contribution >= 4 is 34.3 Å². The van der Waals surface area contributed by atoms with E-state index in [0.717, 1.165) is 18.5 Å². The minimum Gasteiger partial charge on any atom is -0.466 e. The molecular weight excluding hydrogens is 444 g/mol. The summed E-state index contributed by atoms with van der Waals surface area (Å²) in [5, 5.41) is 6.87. The van der Waals surface area contributed by atoms with Crippen molar-refractivity contribution in [2.75, 3.05) is 16.9 Å². The monoisotopic (exact) mass is 476 g/mol. The zero-order valence-electron chi connectivity index (χ0n) is 20.2. The Kier molecular flexibility index (Phi) is 7.32. The maximum atomic E-state index is 11.6. The summed E-state index contributed by atoms with van der Waals surface area (Å²) in [6.07, 6.45) is 3.09.